The normalized spacial score (nSPS) is 11.1. The summed E-state index contributed by atoms with van der Waals surface area (Å²) in [4.78, 5) is 12.5. The quantitative estimate of drug-likeness (QED) is 0.599. The van der Waals surface area contributed by atoms with Gasteiger partial charge in [0.25, 0.3) is 0 Å². The second-order valence-corrected chi connectivity index (χ2v) is 7.15. The van der Waals surface area contributed by atoms with Gasteiger partial charge in [-0.2, -0.15) is 23.5 Å². The summed E-state index contributed by atoms with van der Waals surface area (Å²) in [6.07, 6.45) is -1.28. The van der Waals surface area contributed by atoms with Crippen LogP contribution in [0.1, 0.15) is 16.7 Å². The number of hydrogen-bond donors (Lipinski definition) is 1. The maximum Gasteiger partial charge on any atom is 0.416 e. The highest BCUT2D eigenvalue weighted by Gasteiger charge is 2.30. The van der Waals surface area contributed by atoms with Crippen molar-refractivity contribution in [3.8, 4) is 6.07 Å². The largest absolute Gasteiger partial charge is 0.416 e. The molecule has 0 bridgehead atoms. The summed E-state index contributed by atoms with van der Waals surface area (Å²) in [5, 5.41) is 15.8. The van der Waals surface area contributed by atoms with E-state index in [1.807, 2.05) is 6.07 Å². The summed E-state index contributed by atoms with van der Waals surface area (Å²) < 4.78 is 39.8. The number of nitriles is 1. The molecule has 1 heterocycles. The van der Waals surface area contributed by atoms with Crippen LogP contribution in [0.25, 0.3) is 0 Å². The molecule has 148 valence electrons. The van der Waals surface area contributed by atoms with E-state index in [4.69, 9.17) is 5.26 Å². The van der Waals surface area contributed by atoms with Crippen molar-refractivity contribution < 1.29 is 18.0 Å². The molecule has 1 aromatic heterocycles. The van der Waals surface area contributed by atoms with E-state index in [9.17, 15) is 18.0 Å². The fraction of sp³-hybridized carbons (Fsp3) is 0.150. The Hall–Kier alpha value is -3.25. The van der Waals surface area contributed by atoms with E-state index >= 15 is 0 Å². The molecule has 2 aromatic carbocycles. The number of amides is 1. The van der Waals surface area contributed by atoms with Crippen molar-refractivity contribution in [3.05, 3.63) is 77.6 Å². The lowest BCUT2D eigenvalue weighted by Crippen LogP contribution is -2.13. The molecule has 0 fully saturated rings. The zero-order chi connectivity index (χ0) is 20.9. The van der Waals surface area contributed by atoms with E-state index < -0.39 is 11.7 Å². The van der Waals surface area contributed by atoms with Crippen molar-refractivity contribution in [2.45, 2.75) is 17.6 Å². The minimum Gasteiger partial charge on any atom is -0.323 e. The molecular weight excluding hydrogens is 401 g/mol. The van der Waals surface area contributed by atoms with Crippen LogP contribution in [0.5, 0.6) is 0 Å². The van der Waals surface area contributed by atoms with E-state index in [2.05, 4.69) is 16.5 Å². The lowest BCUT2D eigenvalue weighted by Gasteiger charge is -2.08. The molecule has 0 spiro atoms. The molecule has 3 rings (SSSR count). The van der Waals surface area contributed by atoms with Gasteiger partial charge in [0, 0.05) is 11.1 Å². The lowest BCUT2D eigenvalue weighted by atomic mass is 10.1. The van der Waals surface area contributed by atoms with Crippen molar-refractivity contribution in [1.82, 2.24) is 9.78 Å². The number of benzene rings is 2. The molecule has 0 unspecified atom stereocenters. The van der Waals surface area contributed by atoms with Gasteiger partial charge in [0.1, 0.15) is 0 Å². The number of aromatic nitrogens is 2. The van der Waals surface area contributed by atoms with Gasteiger partial charge in [-0.05, 0) is 35.9 Å². The number of carbonyl (C=O) groups excluding carboxylic acids is 1. The number of carbonyl (C=O) groups is 1. The zero-order valence-corrected chi connectivity index (χ0v) is 15.8. The molecule has 0 aliphatic heterocycles. The van der Waals surface area contributed by atoms with Crippen LogP contribution in [-0.4, -0.2) is 21.4 Å². The van der Waals surface area contributed by atoms with Gasteiger partial charge in [0.15, 0.2) is 0 Å². The molecule has 9 heteroatoms. The Labute approximate surface area is 169 Å². The Balaban J connectivity index is 1.55. The molecule has 0 atom stereocenters. The van der Waals surface area contributed by atoms with Crippen molar-refractivity contribution in [2.24, 2.45) is 0 Å². The number of alkyl halides is 3. The number of halogens is 3. The Morgan fingerprint density at radius 2 is 2.00 bits per heavy atom. The highest BCUT2D eigenvalue weighted by molar-refractivity contribution is 8.00. The monoisotopic (exact) mass is 416 g/mol. The molecule has 0 radical (unpaired) electrons. The van der Waals surface area contributed by atoms with Crippen molar-refractivity contribution >= 4 is 23.4 Å². The topological polar surface area (TPSA) is 70.7 Å². The molecule has 0 aliphatic rings. The van der Waals surface area contributed by atoms with E-state index in [1.165, 1.54) is 18.3 Å². The van der Waals surface area contributed by atoms with Crippen LogP contribution in [-0.2, 0) is 17.5 Å². The predicted molar refractivity (Wildman–Crippen MR) is 103 cm³/mol. The first-order valence-electron chi connectivity index (χ1n) is 8.45. The number of thioether (sulfide) groups is 1. The highest BCUT2D eigenvalue weighted by atomic mass is 32.2. The van der Waals surface area contributed by atoms with Gasteiger partial charge in [-0.15, -0.1) is 11.8 Å². The Morgan fingerprint density at radius 1 is 1.21 bits per heavy atom. The third-order valence-corrected chi connectivity index (χ3v) is 4.84. The fourth-order valence-electron chi connectivity index (χ4n) is 2.55. The van der Waals surface area contributed by atoms with Gasteiger partial charge in [0.2, 0.25) is 5.91 Å². The second kappa shape index (κ2) is 8.84. The van der Waals surface area contributed by atoms with Crippen molar-refractivity contribution in [2.75, 3.05) is 11.1 Å². The van der Waals surface area contributed by atoms with Gasteiger partial charge in [0.05, 0.1) is 41.4 Å². The average Bonchev–Trinajstić information content (AvgIpc) is 3.12. The Morgan fingerprint density at radius 3 is 2.76 bits per heavy atom. The second-order valence-electron chi connectivity index (χ2n) is 6.10. The third kappa shape index (κ3) is 5.86. The molecule has 3 aromatic rings. The molecule has 29 heavy (non-hydrogen) atoms. The van der Waals surface area contributed by atoms with Crippen LogP contribution in [0, 0.1) is 11.3 Å². The van der Waals surface area contributed by atoms with Gasteiger partial charge in [-0.25, -0.2) is 0 Å². The van der Waals surface area contributed by atoms with Crippen LogP contribution in [0.15, 0.2) is 65.8 Å². The van der Waals surface area contributed by atoms with Crippen LogP contribution < -0.4 is 5.32 Å². The Kier molecular flexibility index (Phi) is 6.24. The molecule has 5 nitrogen and oxygen atoms in total. The van der Waals surface area contributed by atoms with Gasteiger partial charge in [-0.1, -0.05) is 18.2 Å². The van der Waals surface area contributed by atoms with Crippen molar-refractivity contribution in [1.29, 1.82) is 5.26 Å². The molecule has 0 aliphatic carbocycles. The number of rotatable bonds is 6. The summed E-state index contributed by atoms with van der Waals surface area (Å²) in [6.45, 7) is 0.435. The molecule has 0 saturated heterocycles. The molecule has 1 N–H and O–H groups in total. The predicted octanol–water partition coefficient (Wildman–Crippen LogP) is 4.55. The van der Waals surface area contributed by atoms with E-state index in [-0.39, 0.29) is 11.7 Å². The molecular formula is C20H15F3N4OS. The SMILES string of the molecule is N#Cc1cccc(Cn2cc(NC(=O)CSc3cccc(C(F)(F)F)c3)cn2)c1. The highest BCUT2D eigenvalue weighted by Crippen LogP contribution is 2.31. The molecule has 0 saturated carbocycles. The first kappa shape index (κ1) is 20.5. The van der Waals surface area contributed by atoms with Crippen LogP contribution in [0.3, 0.4) is 0 Å². The fourth-order valence-corrected chi connectivity index (χ4v) is 3.30. The summed E-state index contributed by atoms with van der Waals surface area (Å²) >= 11 is 1.02. The summed E-state index contributed by atoms with van der Waals surface area (Å²) in [5.74, 6) is -0.380. The number of anilines is 1. The lowest BCUT2D eigenvalue weighted by molar-refractivity contribution is -0.137. The standard InChI is InChI=1S/C20H15F3N4OS/c21-20(22,23)16-5-2-6-18(8-16)29-13-19(28)26-17-10-25-27(12-17)11-15-4-1-3-14(7-15)9-24/h1-8,10,12H,11,13H2,(H,26,28). The van der Waals surface area contributed by atoms with Crippen LogP contribution in [0.4, 0.5) is 18.9 Å². The summed E-state index contributed by atoms with van der Waals surface area (Å²) in [5.41, 5.74) is 1.18. The van der Waals surface area contributed by atoms with Gasteiger partial charge >= 0.3 is 6.18 Å². The van der Waals surface area contributed by atoms with Gasteiger partial charge < -0.3 is 5.32 Å². The first-order chi connectivity index (χ1) is 13.8. The number of nitrogens with zero attached hydrogens (tertiary/aromatic N) is 3. The van der Waals surface area contributed by atoms with E-state index in [0.717, 1.165) is 29.5 Å². The van der Waals surface area contributed by atoms with Crippen molar-refractivity contribution in [3.63, 3.8) is 0 Å². The van der Waals surface area contributed by atoms with Gasteiger partial charge in [-0.3, -0.25) is 9.48 Å². The van der Waals surface area contributed by atoms with Crippen LogP contribution in [0.2, 0.25) is 0 Å². The number of hydrogen-bond acceptors (Lipinski definition) is 4. The maximum atomic E-state index is 12.7. The smallest absolute Gasteiger partial charge is 0.323 e. The summed E-state index contributed by atoms with van der Waals surface area (Å²) in [7, 11) is 0. The summed E-state index contributed by atoms with van der Waals surface area (Å²) in [6, 6.07) is 14.0. The minimum atomic E-state index is -4.42. The zero-order valence-electron chi connectivity index (χ0n) is 15.0. The van der Waals surface area contributed by atoms with E-state index in [0.29, 0.717) is 22.7 Å². The van der Waals surface area contributed by atoms with Crippen LogP contribution >= 0.6 is 11.8 Å². The maximum absolute atomic E-state index is 12.7. The third-order valence-electron chi connectivity index (χ3n) is 3.85. The molecule has 1 amide bonds. The number of nitrogens with one attached hydrogen (secondary N) is 1. The minimum absolute atomic E-state index is 0.0310. The van der Waals surface area contributed by atoms with E-state index in [1.54, 1.807) is 29.1 Å². The average molecular weight is 416 g/mol. The first-order valence-corrected chi connectivity index (χ1v) is 9.43. The Bertz CT molecular complexity index is 1060.